The highest BCUT2D eigenvalue weighted by atomic mass is 32.2. The molecule has 0 saturated carbocycles. The van der Waals surface area contributed by atoms with Gasteiger partial charge in [-0.05, 0) is 6.42 Å². The van der Waals surface area contributed by atoms with E-state index in [2.05, 4.69) is 12.8 Å². The van der Waals surface area contributed by atoms with Gasteiger partial charge >= 0.3 is 0 Å². The van der Waals surface area contributed by atoms with Crippen molar-refractivity contribution in [1.82, 2.24) is 0 Å². The summed E-state index contributed by atoms with van der Waals surface area (Å²) in [6, 6.07) is 0. The van der Waals surface area contributed by atoms with Crippen LogP contribution in [0.3, 0.4) is 0 Å². The third-order valence-corrected chi connectivity index (χ3v) is 4.24. The summed E-state index contributed by atoms with van der Waals surface area (Å²) in [5, 5.41) is 0. The third-order valence-electron chi connectivity index (χ3n) is 2.92. The molecule has 20 heavy (non-hydrogen) atoms. The number of hydrogen-bond donors (Lipinski definition) is 0. The van der Waals surface area contributed by atoms with Gasteiger partial charge in [-0.25, -0.2) is 0 Å². The predicted molar refractivity (Wildman–Crippen MR) is 82.0 cm³/mol. The van der Waals surface area contributed by atoms with E-state index in [0.29, 0.717) is 6.42 Å². The van der Waals surface area contributed by atoms with Crippen LogP contribution in [0.5, 0.6) is 0 Å². The summed E-state index contributed by atoms with van der Waals surface area (Å²) in [5.74, 6) is 2.40. The van der Waals surface area contributed by atoms with Gasteiger partial charge in [-0.1, -0.05) is 57.8 Å². The maximum atomic E-state index is 11.5. The van der Waals surface area contributed by atoms with Crippen molar-refractivity contribution in [1.29, 1.82) is 0 Å². The Morgan fingerprint density at radius 1 is 0.950 bits per heavy atom. The number of terminal acetylenes is 1. The molecule has 0 aliphatic rings. The van der Waals surface area contributed by atoms with Crippen molar-refractivity contribution in [2.24, 2.45) is 0 Å². The molecular weight excluding hydrogens is 276 g/mol. The summed E-state index contributed by atoms with van der Waals surface area (Å²) in [4.78, 5) is 0. The van der Waals surface area contributed by atoms with Crippen molar-refractivity contribution < 1.29 is 17.3 Å². The molecule has 4 nitrogen and oxygen atoms in total. The first-order valence-electron chi connectivity index (χ1n) is 7.50. The molecule has 0 aromatic rings. The molecule has 0 N–H and O–H groups in total. The first-order chi connectivity index (χ1) is 9.62. The van der Waals surface area contributed by atoms with Crippen LogP contribution in [0.25, 0.3) is 0 Å². The lowest BCUT2D eigenvalue weighted by Crippen LogP contribution is -2.14. The van der Waals surface area contributed by atoms with Crippen LogP contribution in [0.15, 0.2) is 0 Å². The van der Waals surface area contributed by atoms with Crippen LogP contribution >= 0.6 is 0 Å². The molecule has 0 spiro atoms. The molecule has 0 unspecified atom stereocenters. The van der Waals surface area contributed by atoms with Gasteiger partial charge in [0.15, 0.2) is 0 Å². The van der Waals surface area contributed by atoms with Crippen LogP contribution in [-0.4, -0.2) is 34.0 Å². The Kier molecular flexibility index (Phi) is 13.0. The van der Waals surface area contributed by atoms with Gasteiger partial charge in [0.25, 0.3) is 10.1 Å². The zero-order valence-corrected chi connectivity index (χ0v) is 13.4. The van der Waals surface area contributed by atoms with E-state index in [-0.39, 0.29) is 25.6 Å². The summed E-state index contributed by atoms with van der Waals surface area (Å²) in [5.41, 5.74) is 0. The lowest BCUT2D eigenvalue weighted by molar-refractivity contribution is 0.127. The van der Waals surface area contributed by atoms with Gasteiger partial charge < -0.3 is 4.74 Å². The van der Waals surface area contributed by atoms with E-state index < -0.39 is 10.1 Å². The van der Waals surface area contributed by atoms with Crippen molar-refractivity contribution in [2.75, 3.05) is 25.6 Å². The van der Waals surface area contributed by atoms with Crippen LogP contribution in [0, 0.1) is 12.3 Å². The van der Waals surface area contributed by atoms with Crippen LogP contribution in [-0.2, 0) is 19.0 Å². The van der Waals surface area contributed by atoms with E-state index in [1.807, 2.05) is 0 Å². The number of rotatable bonds is 14. The Bertz CT molecular complexity index is 343. The lowest BCUT2D eigenvalue weighted by atomic mass is 10.1. The standard InChI is InChI=1S/C15H28O4S/c1-3-5-6-7-8-9-10-11-15-20(16,17)19-14-13-18-12-4-2/h2H,3,5-15H2,1H3. The minimum absolute atomic E-state index is 0.0427. The highest BCUT2D eigenvalue weighted by molar-refractivity contribution is 7.86. The highest BCUT2D eigenvalue weighted by Gasteiger charge is 2.10. The van der Waals surface area contributed by atoms with Crippen molar-refractivity contribution in [3.63, 3.8) is 0 Å². The molecule has 0 rings (SSSR count). The summed E-state index contributed by atoms with van der Waals surface area (Å²) in [7, 11) is -3.40. The fourth-order valence-electron chi connectivity index (χ4n) is 1.82. The minimum atomic E-state index is -3.40. The molecule has 0 atom stereocenters. The van der Waals surface area contributed by atoms with E-state index in [1.54, 1.807) is 0 Å². The van der Waals surface area contributed by atoms with Crippen LogP contribution in [0.1, 0.15) is 58.3 Å². The SMILES string of the molecule is C#CCOCCOS(=O)(=O)CCCCCCCCCC. The smallest absolute Gasteiger partial charge is 0.267 e. The predicted octanol–water partition coefficient (Wildman–Crippen LogP) is 3.12. The Labute approximate surface area is 124 Å². The van der Waals surface area contributed by atoms with Crippen molar-refractivity contribution >= 4 is 10.1 Å². The fraction of sp³-hybridized carbons (Fsp3) is 0.867. The van der Waals surface area contributed by atoms with Crippen molar-refractivity contribution in [3.05, 3.63) is 0 Å². The van der Waals surface area contributed by atoms with Crippen LogP contribution < -0.4 is 0 Å². The lowest BCUT2D eigenvalue weighted by Gasteiger charge is -2.05. The molecule has 0 bridgehead atoms. The number of unbranched alkanes of at least 4 members (excludes halogenated alkanes) is 7. The number of hydrogen-bond acceptors (Lipinski definition) is 4. The average molecular weight is 304 g/mol. The normalized spacial score (nSPS) is 11.4. The molecule has 5 heteroatoms. The highest BCUT2D eigenvalue weighted by Crippen LogP contribution is 2.09. The zero-order valence-electron chi connectivity index (χ0n) is 12.6. The van der Waals surface area contributed by atoms with Crippen molar-refractivity contribution in [3.8, 4) is 12.3 Å². The first-order valence-corrected chi connectivity index (χ1v) is 9.08. The second kappa shape index (κ2) is 13.4. The topological polar surface area (TPSA) is 52.6 Å². The van der Waals surface area contributed by atoms with Gasteiger partial charge in [0, 0.05) is 0 Å². The van der Waals surface area contributed by atoms with Gasteiger partial charge in [-0.15, -0.1) is 6.42 Å². The largest absolute Gasteiger partial charge is 0.366 e. The Hall–Kier alpha value is -0.570. The van der Waals surface area contributed by atoms with E-state index in [0.717, 1.165) is 12.8 Å². The molecule has 0 aromatic carbocycles. The van der Waals surface area contributed by atoms with Gasteiger partial charge in [-0.3, -0.25) is 4.18 Å². The summed E-state index contributed by atoms with van der Waals surface area (Å²) < 4.78 is 32.8. The molecule has 0 radical (unpaired) electrons. The van der Waals surface area contributed by atoms with Crippen LogP contribution in [0.4, 0.5) is 0 Å². The quantitative estimate of drug-likeness (QED) is 0.281. The molecule has 0 fully saturated rings. The molecule has 0 heterocycles. The maximum absolute atomic E-state index is 11.5. The second-order valence-electron chi connectivity index (χ2n) is 4.82. The van der Waals surface area contributed by atoms with Gasteiger partial charge in [0.1, 0.15) is 6.61 Å². The van der Waals surface area contributed by atoms with E-state index in [4.69, 9.17) is 15.3 Å². The van der Waals surface area contributed by atoms with E-state index >= 15 is 0 Å². The zero-order chi connectivity index (χ0) is 15.1. The number of ether oxygens (including phenoxy) is 1. The molecule has 118 valence electrons. The molecule has 0 aliphatic heterocycles. The molecule has 0 aromatic heterocycles. The van der Waals surface area contributed by atoms with Gasteiger partial charge in [0.2, 0.25) is 0 Å². The Morgan fingerprint density at radius 3 is 2.15 bits per heavy atom. The molecule has 0 aliphatic carbocycles. The summed E-state index contributed by atoms with van der Waals surface area (Å²) in [6.07, 6.45) is 14.0. The van der Waals surface area contributed by atoms with E-state index in [9.17, 15) is 8.42 Å². The molecule has 0 saturated heterocycles. The minimum Gasteiger partial charge on any atom is -0.366 e. The second-order valence-corrected chi connectivity index (χ2v) is 6.57. The van der Waals surface area contributed by atoms with E-state index in [1.165, 1.54) is 32.1 Å². The van der Waals surface area contributed by atoms with Crippen LogP contribution in [0.2, 0.25) is 0 Å². The summed E-state index contributed by atoms with van der Waals surface area (Å²) in [6.45, 7) is 2.63. The monoisotopic (exact) mass is 304 g/mol. The molecular formula is C15H28O4S. The maximum Gasteiger partial charge on any atom is 0.267 e. The van der Waals surface area contributed by atoms with Gasteiger partial charge in [0.05, 0.1) is 19.0 Å². The molecule has 0 amide bonds. The summed E-state index contributed by atoms with van der Waals surface area (Å²) >= 11 is 0. The Balaban J connectivity index is 3.41. The average Bonchev–Trinajstić information content (AvgIpc) is 2.41. The first kappa shape index (κ1) is 19.4. The Morgan fingerprint density at radius 2 is 1.55 bits per heavy atom. The third kappa shape index (κ3) is 13.9. The van der Waals surface area contributed by atoms with Gasteiger partial charge in [-0.2, -0.15) is 8.42 Å². The fourth-order valence-corrected chi connectivity index (χ4v) is 2.82. The van der Waals surface area contributed by atoms with Crippen molar-refractivity contribution in [2.45, 2.75) is 58.3 Å².